The van der Waals surface area contributed by atoms with Crippen LogP contribution < -0.4 is 22.3 Å². The lowest BCUT2D eigenvalue weighted by Crippen LogP contribution is -2.41. The van der Waals surface area contributed by atoms with Crippen LogP contribution in [0.25, 0.3) is 11.2 Å². The van der Waals surface area contributed by atoms with E-state index in [2.05, 4.69) is 30.2 Å². The third-order valence-electron chi connectivity index (χ3n) is 3.75. The van der Waals surface area contributed by atoms with Crippen LogP contribution in [0.1, 0.15) is 39.0 Å². The second-order valence-electron chi connectivity index (χ2n) is 6.16. The molecule has 13 heteroatoms. The number of aromatic nitrogens is 4. The summed E-state index contributed by atoms with van der Waals surface area (Å²) in [5, 5.41) is 11.3. The number of carbonyl (C=O) groups excluding carboxylic acids is 1. The zero-order valence-electron chi connectivity index (χ0n) is 16.8. The molecular weight excluding hydrogens is 396 g/mol. The van der Waals surface area contributed by atoms with Crippen LogP contribution >= 0.6 is 0 Å². The number of nitrogens with two attached hydrogens (primary N) is 2. The highest BCUT2D eigenvalue weighted by Crippen LogP contribution is 2.00. The molecule has 2 rings (SSSR count). The summed E-state index contributed by atoms with van der Waals surface area (Å²) >= 11 is 0. The van der Waals surface area contributed by atoms with Crippen molar-refractivity contribution in [1.29, 1.82) is 0 Å². The molecule has 0 saturated heterocycles. The van der Waals surface area contributed by atoms with E-state index in [9.17, 15) is 14.4 Å². The first-order valence-corrected chi connectivity index (χ1v) is 9.43. The highest BCUT2D eigenvalue weighted by atomic mass is 16.5. The first-order chi connectivity index (χ1) is 14.3. The van der Waals surface area contributed by atoms with Crippen LogP contribution in [-0.4, -0.2) is 62.3 Å². The molecule has 13 nitrogen and oxygen atoms in total. The van der Waals surface area contributed by atoms with E-state index in [1.807, 2.05) is 6.92 Å². The number of guanidine groups is 1. The smallest absolute Gasteiger partial charge is 0.407 e. The Bertz CT molecular complexity index is 874. The summed E-state index contributed by atoms with van der Waals surface area (Å²) in [6.45, 7) is 2.65. The van der Waals surface area contributed by atoms with Crippen LogP contribution in [-0.2, 0) is 9.53 Å². The van der Waals surface area contributed by atoms with Crippen molar-refractivity contribution in [3.05, 3.63) is 23.0 Å². The standard InChI is InChI=1S/C12H24N4O4.C5H4N4O/c1-2-3-4-8-20-12(19)16-9(10(17)18)6-5-7-15-11(13)14;10-5-3-4(7-1-6-3)8-2-9-5/h9H,2-8H2,1H3,(H,16,19)(H,17,18)(H4,13,14,15);1-2H,(H2,6,7,8,9,10)/t9-;/m0./s1. The molecule has 2 heterocycles. The number of unbranched alkanes of at least 4 members (excludes halogenated alkanes) is 2. The molecule has 0 bridgehead atoms. The van der Waals surface area contributed by atoms with Crippen molar-refractivity contribution in [2.75, 3.05) is 13.2 Å². The molecule has 2 aromatic heterocycles. The number of amides is 1. The zero-order chi connectivity index (χ0) is 22.4. The first kappa shape index (κ1) is 24.4. The highest BCUT2D eigenvalue weighted by molar-refractivity contribution is 5.79. The maximum Gasteiger partial charge on any atom is 0.407 e. The summed E-state index contributed by atoms with van der Waals surface area (Å²) in [6, 6.07) is -0.997. The lowest BCUT2D eigenvalue weighted by atomic mass is 10.1. The summed E-state index contributed by atoms with van der Waals surface area (Å²) in [4.78, 5) is 49.7. The number of imidazole rings is 1. The van der Waals surface area contributed by atoms with Crippen molar-refractivity contribution < 1.29 is 19.4 Å². The molecule has 2 aromatic rings. The average molecular weight is 424 g/mol. The Morgan fingerprint density at radius 3 is 2.53 bits per heavy atom. The number of nitrogens with one attached hydrogen (secondary N) is 3. The fourth-order valence-electron chi connectivity index (χ4n) is 2.24. The van der Waals surface area contributed by atoms with Gasteiger partial charge in [-0.3, -0.25) is 9.79 Å². The molecule has 0 aliphatic carbocycles. The largest absolute Gasteiger partial charge is 0.480 e. The van der Waals surface area contributed by atoms with E-state index in [0.717, 1.165) is 19.3 Å². The molecule has 0 spiro atoms. The monoisotopic (exact) mass is 424 g/mol. The van der Waals surface area contributed by atoms with Crippen LogP contribution in [0, 0.1) is 0 Å². The number of H-pyrrole nitrogens is 2. The van der Waals surface area contributed by atoms with Crippen molar-refractivity contribution in [3.63, 3.8) is 0 Å². The second kappa shape index (κ2) is 13.5. The molecule has 1 amide bonds. The number of carboxylic acid groups (broad SMARTS) is 1. The summed E-state index contributed by atoms with van der Waals surface area (Å²) < 4.78 is 4.89. The van der Waals surface area contributed by atoms with Gasteiger partial charge in [-0.2, -0.15) is 0 Å². The number of aromatic amines is 2. The third kappa shape index (κ3) is 9.52. The minimum Gasteiger partial charge on any atom is -0.480 e. The van der Waals surface area contributed by atoms with Gasteiger partial charge in [0.25, 0.3) is 5.56 Å². The van der Waals surface area contributed by atoms with E-state index in [-0.39, 0.29) is 17.9 Å². The van der Waals surface area contributed by atoms with E-state index in [1.54, 1.807) is 0 Å². The number of carbonyl (C=O) groups is 2. The molecule has 1 atom stereocenters. The normalized spacial score (nSPS) is 11.1. The number of nitrogens with zero attached hydrogens (tertiary/aromatic N) is 3. The van der Waals surface area contributed by atoms with Crippen LogP contribution in [0.2, 0.25) is 0 Å². The van der Waals surface area contributed by atoms with Crippen molar-refractivity contribution in [1.82, 2.24) is 25.3 Å². The predicted octanol–water partition coefficient (Wildman–Crippen LogP) is 0.0558. The first-order valence-electron chi connectivity index (χ1n) is 9.43. The van der Waals surface area contributed by atoms with E-state index in [0.29, 0.717) is 30.7 Å². The molecule has 0 saturated carbocycles. The summed E-state index contributed by atoms with van der Waals surface area (Å²) in [5.41, 5.74) is 11.0. The SMILES string of the molecule is CCCCCOC(=O)N[C@@H](CCCN=C(N)N)C(=O)O.O=c1[nH]cnc2nc[nH]c12. The number of rotatable bonds is 10. The number of ether oxygens (including phenoxy) is 1. The van der Waals surface area contributed by atoms with Gasteiger partial charge < -0.3 is 36.6 Å². The number of hydrogen-bond donors (Lipinski definition) is 6. The van der Waals surface area contributed by atoms with Gasteiger partial charge in [-0.1, -0.05) is 19.8 Å². The van der Waals surface area contributed by atoms with E-state index < -0.39 is 18.1 Å². The minimum atomic E-state index is -1.11. The Hall–Kier alpha value is -3.64. The van der Waals surface area contributed by atoms with Gasteiger partial charge in [-0.15, -0.1) is 0 Å². The van der Waals surface area contributed by atoms with Gasteiger partial charge in [0.1, 0.15) is 6.04 Å². The molecule has 0 unspecified atom stereocenters. The van der Waals surface area contributed by atoms with Crippen LogP contribution in [0.4, 0.5) is 4.79 Å². The van der Waals surface area contributed by atoms with Crippen LogP contribution in [0.5, 0.6) is 0 Å². The highest BCUT2D eigenvalue weighted by Gasteiger charge is 2.19. The molecule has 8 N–H and O–H groups in total. The summed E-state index contributed by atoms with van der Waals surface area (Å²) in [5.74, 6) is -1.15. The van der Waals surface area contributed by atoms with Crippen LogP contribution in [0.15, 0.2) is 22.4 Å². The van der Waals surface area contributed by atoms with E-state index in [1.165, 1.54) is 12.7 Å². The Morgan fingerprint density at radius 2 is 1.93 bits per heavy atom. The molecule has 0 aromatic carbocycles. The topological polar surface area (TPSA) is 214 Å². The van der Waals surface area contributed by atoms with Gasteiger partial charge in [-0.05, 0) is 19.3 Å². The van der Waals surface area contributed by atoms with Gasteiger partial charge >= 0.3 is 12.1 Å². The second-order valence-corrected chi connectivity index (χ2v) is 6.16. The number of aliphatic imine (C=N–C) groups is 1. The Morgan fingerprint density at radius 1 is 1.23 bits per heavy atom. The molecule has 30 heavy (non-hydrogen) atoms. The molecule has 0 aliphatic heterocycles. The zero-order valence-corrected chi connectivity index (χ0v) is 16.8. The fourth-order valence-corrected chi connectivity index (χ4v) is 2.24. The molecule has 0 radical (unpaired) electrons. The lowest BCUT2D eigenvalue weighted by Gasteiger charge is -2.14. The molecular formula is C17H28N8O5. The Kier molecular flexibility index (Phi) is 11.0. The van der Waals surface area contributed by atoms with Crippen molar-refractivity contribution in [2.45, 2.75) is 45.1 Å². The lowest BCUT2D eigenvalue weighted by molar-refractivity contribution is -0.139. The van der Waals surface area contributed by atoms with Crippen molar-refractivity contribution in [3.8, 4) is 0 Å². The number of hydrogen-bond acceptors (Lipinski definition) is 7. The fraction of sp³-hybridized carbons (Fsp3) is 0.529. The van der Waals surface area contributed by atoms with E-state index in [4.69, 9.17) is 21.3 Å². The number of carboxylic acids is 1. The molecule has 166 valence electrons. The average Bonchev–Trinajstić information content (AvgIpc) is 3.18. The van der Waals surface area contributed by atoms with Crippen LogP contribution in [0.3, 0.4) is 0 Å². The number of alkyl carbamates (subject to hydrolysis) is 1. The van der Waals surface area contributed by atoms with Crippen molar-refractivity contribution in [2.24, 2.45) is 16.5 Å². The van der Waals surface area contributed by atoms with Gasteiger partial charge in [0.05, 0.1) is 19.3 Å². The predicted molar refractivity (Wildman–Crippen MR) is 110 cm³/mol. The maximum atomic E-state index is 11.4. The minimum absolute atomic E-state index is 0.0415. The summed E-state index contributed by atoms with van der Waals surface area (Å²) in [6.07, 6.45) is 5.49. The Labute approximate surface area is 172 Å². The number of aliphatic carboxylic acids is 1. The summed E-state index contributed by atoms with van der Waals surface area (Å²) in [7, 11) is 0. The van der Waals surface area contributed by atoms with Gasteiger partial charge in [0.15, 0.2) is 17.1 Å². The number of fused-ring (bicyclic) bond motifs is 1. The Balaban J connectivity index is 0.000000367. The maximum absolute atomic E-state index is 11.4. The van der Waals surface area contributed by atoms with Gasteiger partial charge in [0.2, 0.25) is 0 Å². The molecule has 0 aliphatic rings. The van der Waals surface area contributed by atoms with Crippen molar-refractivity contribution >= 4 is 29.2 Å². The quantitative estimate of drug-likeness (QED) is 0.172. The van der Waals surface area contributed by atoms with E-state index >= 15 is 0 Å². The van der Waals surface area contributed by atoms with Gasteiger partial charge in [-0.25, -0.2) is 19.6 Å². The molecule has 0 fully saturated rings. The van der Waals surface area contributed by atoms with Gasteiger partial charge in [0, 0.05) is 6.54 Å². The third-order valence-corrected chi connectivity index (χ3v) is 3.75.